The molecular formula is C14H14ClNO3S. The average Bonchev–Trinajstić information content (AvgIpc) is 2.35. The van der Waals surface area contributed by atoms with Crippen LogP contribution < -0.4 is 4.74 Å². The summed E-state index contributed by atoms with van der Waals surface area (Å²) in [6, 6.07) is 10.9. The Bertz CT molecular complexity index is 715. The summed E-state index contributed by atoms with van der Waals surface area (Å²) in [7, 11) is -3.43. The molecule has 1 aromatic carbocycles. The molecule has 0 amide bonds. The number of pyridine rings is 1. The van der Waals surface area contributed by atoms with Gasteiger partial charge in [-0.2, -0.15) is 0 Å². The number of benzene rings is 1. The van der Waals surface area contributed by atoms with Gasteiger partial charge in [0.05, 0.1) is 5.69 Å². The van der Waals surface area contributed by atoms with Gasteiger partial charge in [-0.1, -0.05) is 41.9 Å². The van der Waals surface area contributed by atoms with E-state index in [0.717, 1.165) is 11.8 Å². The number of ether oxygens (including phenoxy) is 1. The number of sulfone groups is 1. The largest absolute Gasteiger partial charge is 0.487 e. The Kier molecular flexibility index (Phi) is 4.30. The fraction of sp³-hybridized carbons (Fsp3) is 0.214. The number of hydrogen-bond acceptors (Lipinski definition) is 4. The maximum absolute atomic E-state index is 11.8. The van der Waals surface area contributed by atoms with E-state index in [2.05, 4.69) is 4.98 Å². The molecule has 0 fully saturated rings. The number of aromatic nitrogens is 1. The zero-order valence-corrected chi connectivity index (χ0v) is 12.7. The molecule has 0 saturated carbocycles. The molecule has 0 aliphatic heterocycles. The summed E-state index contributed by atoms with van der Waals surface area (Å²) >= 11 is 5.87. The van der Waals surface area contributed by atoms with Crippen LogP contribution >= 0.6 is 11.6 Å². The van der Waals surface area contributed by atoms with Gasteiger partial charge in [0.25, 0.3) is 0 Å². The second-order valence-corrected chi connectivity index (χ2v) is 6.74. The van der Waals surface area contributed by atoms with Crippen molar-refractivity contribution in [1.82, 2.24) is 4.98 Å². The van der Waals surface area contributed by atoms with Gasteiger partial charge in [-0.25, -0.2) is 13.4 Å². The first-order valence-corrected chi connectivity index (χ1v) is 8.19. The van der Waals surface area contributed by atoms with Crippen LogP contribution in [0.25, 0.3) is 0 Å². The molecule has 6 heteroatoms. The third kappa shape index (κ3) is 3.49. The van der Waals surface area contributed by atoms with E-state index in [1.54, 1.807) is 6.92 Å². The van der Waals surface area contributed by atoms with E-state index in [0.29, 0.717) is 5.69 Å². The van der Waals surface area contributed by atoms with E-state index in [9.17, 15) is 8.42 Å². The lowest BCUT2D eigenvalue weighted by Crippen LogP contribution is -2.07. The van der Waals surface area contributed by atoms with Gasteiger partial charge >= 0.3 is 0 Å². The zero-order chi connectivity index (χ0) is 14.8. The summed E-state index contributed by atoms with van der Waals surface area (Å²) in [6.07, 6.45) is 1.13. The van der Waals surface area contributed by atoms with Gasteiger partial charge in [0.1, 0.15) is 22.4 Å². The van der Waals surface area contributed by atoms with Crippen molar-refractivity contribution in [1.29, 1.82) is 0 Å². The predicted octanol–water partition coefficient (Wildman–Crippen LogP) is 3.03. The second-order valence-electron chi connectivity index (χ2n) is 4.40. The maximum Gasteiger partial charge on any atom is 0.180 e. The average molecular weight is 312 g/mol. The van der Waals surface area contributed by atoms with Crippen molar-refractivity contribution in [3.63, 3.8) is 0 Å². The molecule has 1 aromatic heterocycles. The van der Waals surface area contributed by atoms with E-state index in [-0.39, 0.29) is 22.4 Å². The highest BCUT2D eigenvalue weighted by atomic mass is 35.5. The predicted molar refractivity (Wildman–Crippen MR) is 77.9 cm³/mol. The highest BCUT2D eigenvalue weighted by molar-refractivity contribution is 7.90. The molecule has 0 N–H and O–H groups in total. The molecule has 0 aliphatic rings. The van der Waals surface area contributed by atoms with Gasteiger partial charge in [-0.15, -0.1) is 0 Å². The molecule has 20 heavy (non-hydrogen) atoms. The topological polar surface area (TPSA) is 56.3 Å². The summed E-state index contributed by atoms with van der Waals surface area (Å²) < 4.78 is 29.3. The number of hydrogen-bond donors (Lipinski definition) is 0. The molecule has 0 saturated heterocycles. The number of aryl methyl sites for hydroxylation is 1. The molecule has 2 aromatic rings. The summed E-state index contributed by atoms with van der Waals surface area (Å²) in [4.78, 5) is 4.04. The van der Waals surface area contributed by atoms with E-state index in [1.165, 1.54) is 6.07 Å². The Morgan fingerprint density at radius 1 is 1.25 bits per heavy atom. The maximum atomic E-state index is 11.8. The summed E-state index contributed by atoms with van der Waals surface area (Å²) in [5.41, 5.74) is 1.28. The van der Waals surface area contributed by atoms with Crippen LogP contribution in [0.4, 0.5) is 0 Å². The Morgan fingerprint density at radius 3 is 2.50 bits per heavy atom. The van der Waals surface area contributed by atoms with Crippen LogP contribution in [-0.2, 0) is 16.4 Å². The van der Waals surface area contributed by atoms with Crippen molar-refractivity contribution < 1.29 is 13.2 Å². The van der Waals surface area contributed by atoms with Crippen molar-refractivity contribution >= 4 is 21.4 Å². The highest BCUT2D eigenvalue weighted by Gasteiger charge is 2.20. The number of nitrogens with zero attached hydrogens (tertiary/aromatic N) is 1. The number of halogens is 1. The van der Waals surface area contributed by atoms with Gasteiger partial charge in [0, 0.05) is 12.3 Å². The van der Waals surface area contributed by atoms with Gasteiger partial charge in [-0.05, 0) is 12.5 Å². The fourth-order valence-electron chi connectivity index (χ4n) is 1.89. The van der Waals surface area contributed by atoms with E-state index in [4.69, 9.17) is 16.3 Å². The van der Waals surface area contributed by atoms with Crippen LogP contribution in [0.5, 0.6) is 5.75 Å². The van der Waals surface area contributed by atoms with Crippen molar-refractivity contribution in [2.24, 2.45) is 0 Å². The zero-order valence-electron chi connectivity index (χ0n) is 11.1. The minimum absolute atomic E-state index is 0.0813. The van der Waals surface area contributed by atoms with Gasteiger partial charge < -0.3 is 4.74 Å². The smallest absolute Gasteiger partial charge is 0.180 e. The molecule has 0 radical (unpaired) electrons. The van der Waals surface area contributed by atoms with E-state index in [1.807, 2.05) is 30.3 Å². The Balaban J connectivity index is 2.36. The fourth-order valence-corrected chi connectivity index (χ4v) is 3.18. The lowest BCUT2D eigenvalue weighted by atomic mass is 10.2. The van der Waals surface area contributed by atoms with Crippen molar-refractivity contribution in [3.8, 4) is 5.75 Å². The summed E-state index contributed by atoms with van der Waals surface area (Å²) in [5.74, 6) is 0.230. The molecule has 0 unspecified atom stereocenters. The molecule has 4 nitrogen and oxygen atoms in total. The summed E-state index contributed by atoms with van der Waals surface area (Å²) in [5, 5.41) is 0.206. The van der Waals surface area contributed by atoms with Crippen molar-refractivity contribution in [2.45, 2.75) is 18.4 Å². The molecule has 106 valence electrons. The first-order valence-electron chi connectivity index (χ1n) is 5.92. The van der Waals surface area contributed by atoms with Gasteiger partial charge in [0.2, 0.25) is 0 Å². The quantitative estimate of drug-likeness (QED) is 0.814. The molecule has 0 aliphatic carbocycles. The Hall–Kier alpha value is -1.59. The molecule has 1 heterocycles. The molecule has 0 atom stereocenters. The van der Waals surface area contributed by atoms with Gasteiger partial charge in [0.15, 0.2) is 9.84 Å². The van der Waals surface area contributed by atoms with Crippen LogP contribution in [0, 0.1) is 6.92 Å². The minimum atomic E-state index is -3.43. The van der Waals surface area contributed by atoms with Crippen molar-refractivity contribution in [3.05, 3.63) is 52.8 Å². The molecular weight excluding hydrogens is 298 g/mol. The first kappa shape index (κ1) is 14.8. The highest BCUT2D eigenvalue weighted by Crippen LogP contribution is 2.29. The van der Waals surface area contributed by atoms with Crippen LogP contribution in [0.1, 0.15) is 11.3 Å². The minimum Gasteiger partial charge on any atom is -0.487 e. The number of rotatable bonds is 4. The second kappa shape index (κ2) is 5.81. The van der Waals surface area contributed by atoms with Crippen LogP contribution in [-0.4, -0.2) is 19.7 Å². The third-order valence-corrected chi connectivity index (χ3v) is 4.12. The SMILES string of the molecule is Cc1nc(Cl)cc(OCc2ccccc2)c1S(C)(=O)=O. The normalized spacial score (nSPS) is 11.3. The third-order valence-electron chi connectivity index (χ3n) is 2.69. The van der Waals surface area contributed by atoms with E-state index >= 15 is 0 Å². The Labute approximate surface area is 123 Å². The first-order chi connectivity index (χ1) is 9.38. The molecule has 0 bridgehead atoms. The lowest BCUT2D eigenvalue weighted by Gasteiger charge is -2.12. The summed E-state index contributed by atoms with van der Waals surface area (Å²) in [6.45, 7) is 1.86. The van der Waals surface area contributed by atoms with Gasteiger partial charge in [-0.3, -0.25) is 0 Å². The monoisotopic (exact) mass is 311 g/mol. The van der Waals surface area contributed by atoms with Crippen LogP contribution in [0.3, 0.4) is 0 Å². The molecule has 0 spiro atoms. The van der Waals surface area contributed by atoms with Crippen molar-refractivity contribution in [2.75, 3.05) is 6.26 Å². The van der Waals surface area contributed by atoms with Crippen LogP contribution in [0.2, 0.25) is 5.15 Å². The Morgan fingerprint density at radius 2 is 1.90 bits per heavy atom. The molecule has 2 rings (SSSR count). The van der Waals surface area contributed by atoms with E-state index < -0.39 is 9.84 Å². The standard InChI is InChI=1S/C14H14ClNO3S/c1-10-14(20(2,17)18)12(8-13(15)16-10)19-9-11-6-4-3-5-7-11/h3-8H,9H2,1-2H3. The lowest BCUT2D eigenvalue weighted by molar-refractivity contribution is 0.297. The van der Waals surface area contributed by atoms with Crippen LogP contribution in [0.15, 0.2) is 41.3 Å².